The molecule has 8 heteroatoms. The Morgan fingerprint density at radius 3 is 2.67 bits per heavy atom. The van der Waals surface area contributed by atoms with Crippen molar-refractivity contribution in [1.82, 2.24) is 25.5 Å². The van der Waals surface area contributed by atoms with E-state index < -0.39 is 6.67 Å². The van der Waals surface area contributed by atoms with Gasteiger partial charge in [-0.1, -0.05) is 36.4 Å². The van der Waals surface area contributed by atoms with Crippen LogP contribution in [-0.4, -0.2) is 46.3 Å². The van der Waals surface area contributed by atoms with Gasteiger partial charge in [-0.15, -0.1) is 0 Å². The van der Waals surface area contributed by atoms with E-state index in [1.807, 2.05) is 48.5 Å². The van der Waals surface area contributed by atoms with Gasteiger partial charge in [0.25, 0.3) is 0 Å². The third-order valence-corrected chi connectivity index (χ3v) is 5.27. The first kappa shape index (κ1) is 18.5. The number of rotatable bonds is 5. The Bertz CT molecular complexity index is 1170. The topological polar surface area (TPSA) is 81.8 Å². The number of hydrogen-bond acceptors (Lipinski definition) is 6. The molecular weight excluding hydrogens is 381 g/mol. The van der Waals surface area contributed by atoms with Crippen molar-refractivity contribution in [3.8, 4) is 11.4 Å². The molecule has 0 saturated carbocycles. The van der Waals surface area contributed by atoms with Crippen LogP contribution in [0.3, 0.4) is 0 Å². The molecule has 0 amide bonds. The minimum absolute atomic E-state index is 0.502. The molecule has 0 unspecified atom stereocenters. The summed E-state index contributed by atoms with van der Waals surface area (Å²) in [6, 6.07) is 17.2. The van der Waals surface area contributed by atoms with Crippen LogP contribution in [-0.2, 0) is 6.67 Å². The highest BCUT2D eigenvalue weighted by Gasteiger charge is 2.17. The second-order valence-electron chi connectivity index (χ2n) is 7.21. The molecule has 7 nitrogen and oxygen atoms in total. The zero-order valence-corrected chi connectivity index (χ0v) is 16.4. The summed E-state index contributed by atoms with van der Waals surface area (Å²) in [7, 11) is 0. The van der Waals surface area contributed by atoms with E-state index in [1.165, 1.54) is 0 Å². The van der Waals surface area contributed by atoms with Crippen molar-refractivity contribution < 1.29 is 4.39 Å². The van der Waals surface area contributed by atoms with Crippen molar-refractivity contribution in [3.05, 3.63) is 60.2 Å². The summed E-state index contributed by atoms with van der Waals surface area (Å²) >= 11 is 0. The van der Waals surface area contributed by atoms with Crippen molar-refractivity contribution >= 4 is 28.4 Å². The van der Waals surface area contributed by atoms with E-state index in [0.717, 1.165) is 42.9 Å². The van der Waals surface area contributed by atoms with E-state index in [2.05, 4.69) is 25.7 Å². The number of piperazine rings is 1. The normalized spacial score (nSPS) is 14.2. The monoisotopic (exact) mass is 403 g/mol. The molecule has 3 heterocycles. The number of aromatic nitrogens is 4. The Hall–Kier alpha value is -3.52. The lowest BCUT2D eigenvalue weighted by Gasteiger charge is -2.29. The van der Waals surface area contributed by atoms with Crippen LogP contribution in [0, 0.1) is 0 Å². The smallest absolute Gasteiger partial charge is 0.164 e. The number of anilines is 3. The Kier molecular flexibility index (Phi) is 4.98. The third-order valence-electron chi connectivity index (χ3n) is 5.27. The first-order valence-electron chi connectivity index (χ1n) is 10.0. The number of H-pyrrole nitrogens is 1. The number of para-hydroxylation sites is 1. The minimum atomic E-state index is -0.565. The maximum atomic E-state index is 13.6. The number of nitrogens with zero attached hydrogens (tertiary/aromatic N) is 4. The average molecular weight is 403 g/mol. The summed E-state index contributed by atoms with van der Waals surface area (Å²) in [5, 5.41) is 15.1. The number of halogens is 1. The molecule has 1 aliphatic heterocycles. The van der Waals surface area contributed by atoms with Crippen molar-refractivity contribution in [2.45, 2.75) is 6.67 Å². The number of nitrogens with one attached hydrogen (secondary N) is 3. The number of alkyl halides is 1. The molecule has 1 fully saturated rings. The van der Waals surface area contributed by atoms with E-state index in [4.69, 9.17) is 9.97 Å². The standard InChI is InChI=1S/C22H22FN7/c23-14-15-5-1-2-6-16(15)21-25-19(13-20(27-21)30-11-9-24-10-12-30)26-22-17-7-3-4-8-18(17)28-29-22/h1-8,13,24H,9-12,14H2,(H2,25,26,27,28,29). The van der Waals surface area contributed by atoms with Gasteiger partial charge in [0.05, 0.1) is 5.52 Å². The van der Waals surface area contributed by atoms with Gasteiger partial charge in [-0.25, -0.2) is 14.4 Å². The van der Waals surface area contributed by atoms with Gasteiger partial charge < -0.3 is 15.5 Å². The summed E-state index contributed by atoms with van der Waals surface area (Å²) in [6.45, 7) is 2.93. The highest BCUT2D eigenvalue weighted by molar-refractivity contribution is 5.91. The van der Waals surface area contributed by atoms with Gasteiger partial charge in [0, 0.05) is 43.2 Å². The second kappa shape index (κ2) is 8.08. The third kappa shape index (κ3) is 3.57. The molecule has 0 bridgehead atoms. The fraction of sp³-hybridized carbons (Fsp3) is 0.227. The van der Waals surface area contributed by atoms with Crippen molar-refractivity contribution in [2.75, 3.05) is 36.4 Å². The molecule has 5 rings (SSSR count). The zero-order valence-electron chi connectivity index (χ0n) is 16.4. The molecular formula is C22H22FN7. The lowest BCUT2D eigenvalue weighted by Crippen LogP contribution is -2.44. The minimum Gasteiger partial charge on any atom is -0.354 e. The molecule has 1 aliphatic rings. The average Bonchev–Trinajstić information content (AvgIpc) is 3.22. The number of aromatic amines is 1. The highest BCUT2D eigenvalue weighted by atomic mass is 19.1. The highest BCUT2D eigenvalue weighted by Crippen LogP contribution is 2.29. The van der Waals surface area contributed by atoms with Crippen LogP contribution in [0.4, 0.5) is 21.8 Å². The SMILES string of the molecule is FCc1ccccc1-c1nc(Nc2n[nH]c3ccccc23)cc(N2CCNCC2)n1. The van der Waals surface area contributed by atoms with Crippen LogP contribution in [0.2, 0.25) is 0 Å². The van der Waals surface area contributed by atoms with E-state index >= 15 is 0 Å². The fourth-order valence-electron chi connectivity index (χ4n) is 3.71. The molecule has 1 saturated heterocycles. The first-order valence-corrected chi connectivity index (χ1v) is 10.0. The van der Waals surface area contributed by atoms with Crippen LogP contribution in [0.1, 0.15) is 5.56 Å². The van der Waals surface area contributed by atoms with Gasteiger partial charge in [0.2, 0.25) is 0 Å². The van der Waals surface area contributed by atoms with E-state index in [1.54, 1.807) is 6.07 Å². The Morgan fingerprint density at radius 1 is 1.00 bits per heavy atom. The summed E-state index contributed by atoms with van der Waals surface area (Å²) < 4.78 is 13.6. The first-order chi connectivity index (χ1) is 14.8. The maximum absolute atomic E-state index is 13.6. The lowest BCUT2D eigenvalue weighted by molar-refractivity contribution is 0.486. The molecule has 4 aromatic rings. The van der Waals surface area contributed by atoms with Crippen molar-refractivity contribution in [3.63, 3.8) is 0 Å². The Balaban J connectivity index is 1.59. The molecule has 0 aliphatic carbocycles. The van der Waals surface area contributed by atoms with Crippen LogP contribution < -0.4 is 15.5 Å². The van der Waals surface area contributed by atoms with Gasteiger partial charge in [-0.2, -0.15) is 5.10 Å². The number of fused-ring (bicyclic) bond motifs is 1. The molecule has 3 N–H and O–H groups in total. The molecule has 30 heavy (non-hydrogen) atoms. The zero-order chi connectivity index (χ0) is 20.3. The lowest BCUT2D eigenvalue weighted by atomic mass is 10.1. The van der Waals surface area contributed by atoms with Gasteiger partial charge in [0.15, 0.2) is 11.6 Å². The number of hydrogen-bond donors (Lipinski definition) is 3. The van der Waals surface area contributed by atoms with E-state index in [9.17, 15) is 4.39 Å². The molecule has 152 valence electrons. The second-order valence-corrected chi connectivity index (χ2v) is 7.21. The molecule has 0 radical (unpaired) electrons. The van der Waals surface area contributed by atoms with Crippen LogP contribution in [0.25, 0.3) is 22.3 Å². The largest absolute Gasteiger partial charge is 0.354 e. The van der Waals surface area contributed by atoms with Gasteiger partial charge in [0.1, 0.15) is 18.3 Å². The summed E-state index contributed by atoms with van der Waals surface area (Å²) in [4.78, 5) is 11.7. The van der Waals surface area contributed by atoms with Gasteiger partial charge in [-0.05, 0) is 17.7 Å². The summed E-state index contributed by atoms with van der Waals surface area (Å²) in [5.41, 5.74) is 2.22. The van der Waals surface area contributed by atoms with Crippen LogP contribution >= 0.6 is 0 Å². The Labute approximate surface area is 173 Å². The van der Waals surface area contributed by atoms with Gasteiger partial charge in [-0.3, -0.25) is 5.10 Å². The molecule has 0 atom stereocenters. The summed E-state index contributed by atoms with van der Waals surface area (Å²) in [5.74, 6) is 2.64. The molecule has 2 aromatic carbocycles. The van der Waals surface area contributed by atoms with Crippen LogP contribution in [0.15, 0.2) is 54.6 Å². The maximum Gasteiger partial charge on any atom is 0.164 e. The quantitative estimate of drug-likeness (QED) is 0.472. The number of benzene rings is 2. The van der Waals surface area contributed by atoms with Crippen molar-refractivity contribution in [1.29, 1.82) is 0 Å². The fourth-order valence-corrected chi connectivity index (χ4v) is 3.71. The summed E-state index contributed by atoms with van der Waals surface area (Å²) in [6.07, 6.45) is 0. The Morgan fingerprint density at radius 2 is 1.80 bits per heavy atom. The van der Waals surface area contributed by atoms with E-state index in [-0.39, 0.29) is 0 Å². The predicted octanol–water partition coefficient (Wildman–Crippen LogP) is 3.64. The van der Waals surface area contributed by atoms with Gasteiger partial charge >= 0.3 is 0 Å². The van der Waals surface area contributed by atoms with Crippen LogP contribution in [0.5, 0.6) is 0 Å². The molecule has 2 aromatic heterocycles. The van der Waals surface area contributed by atoms with Crippen molar-refractivity contribution in [2.24, 2.45) is 0 Å². The van der Waals surface area contributed by atoms with E-state index in [0.29, 0.717) is 28.6 Å². The molecule has 0 spiro atoms. The predicted molar refractivity (Wildman–Crippen MR) is 117 cm³/mol.